The average Bonchev–Trinajstić information content (AvgIpc) is 2.47. The topological polar surface area (TPSA) is 50.4 Å². The number of benzene rings is 1. The minimum Gasteiger partial charge on any atom is -0.435 e. The smallest absolute Gasteiger partial charge is 0.387 e. The van der Waals surface area contributed by atoms with Crippen LogP contribution in [-0.2, 0) is 11.2 Å². The van der Waals surface area contributed by atoms with Crippen molar-refractivity contribution in [2.24, 2.45) is 0 Å². The number of carbonyl (C=O) groups is 1. The summed E-state index contributed by atoms with van der Waals surface area (Å²) >= 11 is 0. The van der Waals surface area contributed by atoms with Gasteiger partial charge in [0.2, 0.25) is 5.91 Å². The van der Waals surface area contributed by atoms with Crippen LogP contribution in [0, 0.1) is 0 Å². The van der Waals surface area contributed by atoms with Crippen LogP contribution in [0.5, 0.6) is 5.75 Å². The Bertz CT molecular complexity index is 445. The summed E-state index contributed by atoms with van der Waals surface area (Å²) in [6, 6.07) is 6.60. The number of alkyl halides is 2. The van der Waals surface area contributed by atoms with E-state index in [0.717, 1.165) is 31.5 Å². The number of amides is 1. The maximum atomic E-state index is 12.0. The molecule has 1 aliphatic heterocycles. The first-order valence-electron chi connectivity index (χ1n) is 7.17. The molecule has 1 fully saturated rings. The second-order valence-corrected chi connectivity index (χ2v) is 5.13. The van der Waals surface area contributed by atoms with E-state index >= 15 is 0 Å². The molecule has 21 heavy (non-hydrogen) atoms. The molecule has 1 amide bonds. The van der Waals surface area contributed by atoms with Crippen LogP contribution in [0.3, 0.4) is 0 Å². The third kappa shape index (κ3) is 5.67. The van der Waals surface area contributed by atoms with Gasteiger partial charge in [-0.1, -0.05) is 12.1 Å². The van der Waals surface area contributed by atoms with Crippen LogP contribution < -0.4 is 15.4 Å². The van der Waals surface area contributed by atoms with Crippen molar-refractivity contribution < 1.29 is 18.3 Å². The molecule has 2 N–H and O–H groups in total. The number of piperidine rings is 1. The molecule has 1 aromatic rings. The van der Waals surface area contributed by atoms with E-state index in [9.17, 15) is 13.6 Å². The lowest BCUT2D eigenvalue weighted by molar-refractivity contribution is -0.121. The Kier molecular flexibility index (Phi) is 5.92. The van der Waals surface area contributed by atoms with Gasteiger partial charge < -0.3 is 15.4 Å². The number of aryl methyl sites for hydroxylation is 1. The molecule has 4 nitrogen and oxygen atoms in total. The van der Waals surface area contributed by atoms with Crippen LogP contribution in [0.4, 0.5) is 8.78 Å². The van der Waals surface area contributed by atoms with Gasteiger partial charge in [-0.3, -0.25) is 4.79 Å². The van der Waals surface area contributed by atoms with Gasteiger partial charge in [0.1, 0.15) is 5.75 Å². The van der Waals surface area contributed by atoms with E-state index in [1.807, 2.05) is 0 Å². The molecule has 0 radical (unpaired) electrons. The van der Waals surface area contributed by atoms with Crippen molar-refractivity contribution in [2.75, 3.05) is 13.1 Å². The van der Waals surface area contributed by atoms with Gasteiger partial charge >= 0.3 is 6.61 Å². The Morgan fingerprint density at radius 1 is 1.38 bits per heavy atom. The molecule has 1 saturated heterocycles. The SMILES string of the molecule is O=C(CCc1ccc(OC(F)F)cc1)NC1CCCNC1. The van der Waals surface area contributed by atoms with Crippen LogP contribution >= 0.6 is 0 Å². The molecule has 0 spiro atoms. The Hall–Kier alpha value is -1.69. The summed E-state index contributed by atoms with van der Waals surface area (Å²) in [4.78, 5) is 11.8. The predicted molar refractivity (Wildman–Crippen MR) is 75.4 cm³/mol. The zero-order valence-corrected chi connectivity index (χ0v) is 11.8. The number of ether oxygens (including phenoxy) is 1. The van der Waals surface area contributed by atoms with Crippen LogP contribution in [0.2, 0.25) is 0 Å². The quantitative estimate of drug-likeness (QED) is 0.845. The summed E-state index contributed by atoms with van der Waals surface area (Å²) in [7, 11) is 0. The summed E-state index contributed by atoms with van der Waals surface area (Å²) in [6.45, 7) is -0.976. The molecule has 1 heterocycles. The van der Waals surface area contributed by atoms with E-state index in [-0.39, 0.29) is 17.7 Å². The molecule has 1 aromatic carbocycles. The highest BCUT2D eigenvalue weighted by Crippen LogP contribution is 2.15. The van der Waals surface area contributed by atoms with Gasteiger partial charge in [0, 0.05) is 19.0 Å². The molecule has 1 aliphatic rings. The molecular formula is C15H20F2N2O2. The second-order valence-electron chi connectivity index (χ2n) is 5.13. The largest absolute Gasteiger partial charge is 0.435 e. The number of hydrogen-bond acceptors (Lipinski definition) is 3. The molecule has 0 bridgehead atoms. The summed E-state index contributed by atoms with van der Waals surface area (Å²) < 4.78 is 28.3. The highest BCUT2D eigenvalue weighted by molar-refractivity contribution is 5.76. The number of nitrogens with one attached hydrogen (secondary N) is 2. The van der Waals surface area contributed by atoms with Crippen LogP contribution in [0.15, 0.2) is 24.3 Å². The van der Waals surface area contributed by atoms with Crippen molar-refractivity contribution in [2.45, 2.75) is 38.3 Å². The van der Waals surface area contributed by atoms with Gasteiger partial charge in [-0.2, -0.15) is 8.78 Å². The van der Waals surface area contributed by atoms with Crippen molar-refractivity contribution in [3.8, 4) is 5.75 Å². The number of hydrogen-bond donors (Lipinski definition) is 2. The van der Waals surface area contributed by atoms with Crippen LogP contribution in [-0.4, -0.2) is 31.7 Å². The molecule has 1 atom stereocenters. The molecule has 2 rings (SSSR count). The maximum absolute atomic E-state index is 12.0. The molecule has 0 aliphatic carbocycles. The molecular weight excluding hydrogens is 278 g/mol. The Balaban J connectivity index is 1.73. The summed E-state index contributed by atoms with van der Waals surface area (Å²) in [5, 5.41) is 6.25. The first-order chi connectivity index (χ1) is 10.1. The molecule has 6 heteroatoms. The van der Waals surface area contributed by atoms with Gasteiger partial charge in [0.05, 0.1) is 0 Å². The van der Waals surface area contributed by atoms with Crippen molar-refractivity contribution in [3.05, 3.63) is 29.8 Å². The van der Waals surface area contributed by atoms with Crippen LogP contribution in [0.1, 0.15) is 24.8 Å². The Morgan fingerprint density at radius 2 is 2.14 bits per heavy atom. The Morgan fingerprint density at radius 3 is 2.76 bits per heavy atom. The lowest BCUT2D eigenvalue weighted by Crippen LogP contribution is -2.45. The number of carbonyl (C=O) groups excluding carboxylic acids is 1. The van der Waals surface area contributed by atoms with Gasteiger partial charge in [-0.15, -0.1) is 0 Å². The van der Waals surface area contributed by atoms with Crippen molar-refractivity contribution in [3.63, 3.8) is 0 Å². The fourth-order valence-electron chi connectivity index (χ4n) is 2.37. The molecule has 116 valence electrons. The normalized spacial score (nSPS) is 18.5. The zero-order valence-electron chi connectivity index (χ0n) is 11.8. The molecule has 0 aromatic heterocycles. The van der Waals surface area contributed by atoms with Gasteiger partial charge in [0.25, 0.3) is 0 Å². The zero-order chi connectivity index (χ0) is 15.1. The lowest BCUT2D eigenvalue weighted by atomic mass is 10.1. The second kappa shape index (κ2) is 7.93. The van der Waals surface area contributed by atoms with Crippen molar-refractivity contribution in [1.82, 2.24) is 10.6 Å². The molecule has 1 unspecified atom stereocenters. The van der Waals surface area contributed by atoms with Crippen molar-refractivity contribution >= 4 is 5.91 Å². The van der Waals surface area contributed by atoms with Crippen LogP contribution in [0.25, 0.3) is 0 Å². The molecule has 0 saturated carbocycles. The van der Waals surface area contributed by atoms with Crippen molar-refractivity contribution in [1.29, 1.82) is 0 Å². The van der Waals surface area contributed by atoms with E-state index in [2.05, 4.69) is 15.4 Å². The summed E-state index contributed by atoms with van der Waals surface area (Å²) in [5.74, 6) is 0.156. The average molecular weight is 298 g/mol. The van der Waals surface area contributed by atoms with Gasteiger partial charge in [0.15, 0.2) is 0 Å². The summed E-state index contributed by atoms with van der Waals surface area (Å²) in [6.07, 6.45) is 3.07. The first kappa shape index (κ1) is 15.7. The highest BCUT2D eigenvalue weighted by atomic mass is 19.3. The lowest BCUT2D eigenvalue weighted by Gasteiger charge is -2.23. The van der Waals surface area contributed by atoms with Gasteiger partial charge in [-0.05, 0) is 43.5 Å². The third-order valence-corrected chi connectivity index (χ3v) is 3.45. The minimum absolute atomic E-state index is 0.0246. The minimum atomic E-state index is -2.81. The maximum Gasteiger partial charge on any atom is 0.387 e. The summed E-state index contributed by atoms with van der Waals surface area (Å²) in [5.41, 5.74) is 0.925. The fraction of sp³-hybridized carbons (Fsp3) is 0.533. The van der Waals surface area contributed by atoms with E-state index in [1.54, 1.807) is 12.1 Å². The fourth-order valence-corrected chi connectivity index (χ4v) is 2.37. The Labute approximate surface area is 122 Å². The monoisotopic (exact) mass is 298 g/mol. The predicted octanol–water partition coefficient (Wildman–Crippen LogP) is 2.09. The van der Waals surface area contributed by atoms with Gasteiger partial charge in [-0.25, -0.2) is 0 Å². The van der Waals surface area contributed by atoms with E-state index in [4.69, 9.17) is 0 Å². The number of halogens is 2. The van der Waals surface area contributed by atoms with E-state index < -0.39 is 6.61 Å². The first-order valence-corrected chi connectivity index (χ1v) is 7.17. The highest BCUT2D eigenvalue weighted by Gasteiger charge is 2.15. The number of rotatable bonds is 6. The van der Waals surface area contributed by atoms with E-state index in [1.165, 1.54) is 12.1 Å². The standard InChI is InChI=1S/C15H20F2N2O2/c16-15(17)21-13-6-3-11(4-7-13)5-8-14(20)19-12-2-1-9-18-10-12/h3-4,6-7,12,15,18H,1-2,5,8-10H2,(H,19,20). The van der Waals surface area contributed by atoms with E-state index in [0.29, 0.717) is 12.8 Å². The third-order valence-electron chi connectivity index (χ3n) is 3.45.